The van der Waals surface area contributed by atoms with Gasteiger partial charge in [0.15, 0.2) is 0 Å². The van der Waals surface area contributed by atoms with Crippen LogP contribution < -0.4 is 0 Å². The standard InChI is InChI=1S/C14H19N3/c1-14(2,3)11-5-7-15-13(9-11)10-12-6-8-17(4)16-12/h5-9H,10H2,1-4H3. The van der Waals surface area contributed by atoms with Crippen molar-refractivity contribution in [3.63, 3.8) is 0 Å². The van der Waals surface area contributed by atoms with Gasteiger partial charge in [-0.2, -0.15) is 5.10 Å². The lowest BCUT2D eigenvalue weighted by atomic mass is 9.87. The van der Waals surface area contributed by atoms with Crippen LogP contribution in [-0.4, -0.2) is 14.8 Å². The fourth-order valence-electron chi connectivity index (χ4n) is 1.78. The van der Waals surface area contributed by atoms with E-state index in [-0.39, 0.29) is 5.41 Å². The molecule has 0 fully saturated rings. The normalized spacial score (nSPS) is 11.8. The molecule has 17 heavy (non-hydrogen) atoms. The molecular formula is C14H19N3. The Balaban J connectivity index is 2.22. The Hall–Kier alpha value is -1.64. The second-order valence-corrected chi connectivity index (χ2v) is 5.44. The van der Waals surface area contributed by atoms with Crippen molar-refractivity contribution in [3.8, 4) is 0 Å². The molecule has 0 aliphatic heterocycles. The molecule has 0 bridgehead atoms. The summed E-state index contributed by atoms with van der Waals surface area (Å²) in [6.07, 6.45) is 4.65. The van der Waals surface area contributed by atoms with Crippen molar-refractivity contribution in [1.29, 1.82) is 0 Å². The van der Waals surface area contributed by atoms with Gasteiger partial charge in [-0.25, -0.2) is 0 Å². The first-order chi connectivity index (χ1) is 7.95. The molecule has 2 heterocycles. The Morgan fingerprint density at radius 2 is 1.94 bits per heavy atom. The first-order valence-electron chi connectivity index (χ1n) is 5.89. The van der Waals surface area contributed by atoms with Crippen molar-refractivity contribution in [2.75, 3.05) is 0 Å². The Kier molecular flexibility index (Phi) is 3.01. The minimum atomic E-state index is 0.168. The van der Waals surface area contributed by atoms with Gasteiger partial charge in [0.2, 0.25) is 0 Å². The first-order valence-corrected chi connectivity index (χ1v) is 5.89. The van der Waals surface area contributed by atoms with E-state index in [1.54, 1.807) is 0 Å². The molecule has 2 aromatic rings. The zero-order valence-corrected chi connectivity index (χ0v) is 10.9. The van der Waals surface area contributed by atoms with Crippen LogP contribution in [0.4, 0.5) is 0 Å². The summed E-state index contributed by atoms with van der Waals surface area (Å²) in [7, 11) is 1.93. The lowest BCUT2D eigenvalue weighted by Crippen LogP contribution is -2.12. The molecule has 0 atom stereocenters. The van der Waals surface area contributed by atoms with Gasteiger partial charge in [0.05, 0.1) is 5.69 Å². The number of aryl methyl sites for hydroxylation is 1. The maximum atomic E-state index is 4.41. The van der Waals surface area contributed by atoms with Crippen LogP contribution in [0, 0.1) is 0 Å². The minimum absolute atomic E-state index is 0.168. The van der Waals surface area contributed by atoms with Crippen molar-refractivity contribution < 1.29 is 0 Å². The third-order valence-electron chi connectivity index (χ3n) is 2.81. The van der Waals surface area contributed by atoms with Crippen LogP contribution in [0.15, 0.2) is 30.6 Å². The number of hydrogen-bond donors (Lipinski definition) is 0. The predicted molar refractivity (Wildman–Crippen MR) is 69.0 cm³/mol. The second-order valence-electron chi connectivity index (χ2n) is 5.44. The molecule has 0 radical (unpaired) electrons. The quantitative estimate of drug-likeness (QED) is 0.792. The molecule has 2 rings (SSSR count). The molecule has 0 aliphatic carbocycles. The third-order valence-corrected chi connectivity index (χ3v) is 2.81. The van der Waals surface area contributed by atoms with Gasteiger partial charge in [-0.3, -0.25) is 9.67 Å². The van der Waals surface area contributed by atoms with Crippen molar-refractivity contribution in [1.82, 2.24) is 14.8 Å². The third kappa shape index (κ3) is 2.93. The van der Waals surface area contributed by atoms with Gasteiger partial charge in [0.25, 0.3) is 0 Å². The molecule has 0 amide bonds. The van der Waals surface area contributed by atoms with E-state index in [0.29, 0.717) is 0 Å². The molecule has 0 N–H and O–H groups in total. The van der Waals surface area contributed by atoms with E-state index in [2.05, 4.69) is 43.0 Å². The van der Waals surface area contributed by atoms with Crippen LogP contribution in [0.1, 0.15) is 37.7 Å². The van der Waals surface area contributed by atoms with E-state index >= 15 is 0 Å². The largest absolute Gasteiger partial charge is 0.276 e. The molecule has 2 aromatic heterocycles. The summed E-state index contributed by atoms with van der Waals surface area (Å²) in [5, 5.41) is 4.37. The minimum Gasteiger partial charge on any atom is -0.276 e. The van der Waals surface area contributed by atoms with Crippen LogP contribution in [-0.2, 0) is 18.9 Å². The number of nitrogens with zero attached hydrogens (tertiary/aromatic N) is 3. The van der Waals surface area contributed by atoms with Gasteiger partial charge in [-0.1, -0.05) is 20.8 Å². The molecule has 0 saturated carbocycles. The van der Waals surface area contributed by atoms with Crippen molar-refractivity contribution in [2.45, 2.75) is 32.6 Å². The molecule has 0 aromatic carbocycles. The van der Waals surface area contributed by atoms with Gasteiger partial charge < -0.3 is 0 Å². The highest BCUT2D eigenvalue weighted by molar-refractivity contribution is 5.25. The molecule has 3 heteroatoms. The number of hydrogen-bond acceptors (Lipinski definition) is 2. The van der Waals surface area contributed by atoms with Crippen LogP contribution in [0.3, 0.4) is 0 Å². The average Bonchev–Trinajstić information content (AvgIpc) is 2.63. The maximum Gasteiger partial charge on any atom is 0.0683 e. The van der Waals surface area contributed by atoms with Crippen LogP contribution in [0.2, 0.25) is 0 Å². The molecule has 0 unspecified atom stereocenters. The summed E-state index contributed by atoms with van der Waals surface area (Å²) < 4.78 is 1.82. The smallest absolute Gasteiger partial charge is 0.0683 e. The summed E-state index contributed by atoms with van der Waals surface area (Å²) >= 11 is 0. The summed E-state index contributed by atoms with van der Waals surface area (Å²) in [6, 6.07) is 6.29. The van der Waals surface area contributed by atoms with Crippen molar-refractivity contribution in [2.24, 2.45) is 7.05 Å². The fraction of sp³-hybridized carbons (Fsp3) is 0.429. The molecule has 3 nitrogen and oxygen atoms in total. The van der Waals surface area contributed by atoms with Crippen LogP contribution in [0.5, 0.6) is 0 Å². The predicted octanol–water partition coefficient (Wildman–Crippen LogP) is 2.70. The Bertz CT molecular complexity index is 506. The molecule has 90 valence electrons. The van der Waals surface area contributed by atoms with Gasteiger partial charge in [0.1, 0.15) is 0 Å². The average molecular weight is 229 g/mol. The summed E-state index contributed by atoms with van der Waals surface area (Å²) in [5.41, 5.74) is 3.63. The molecular weight excluding hydrogens is 210 g/mol. The van der Waals surface area contributed by atoms with E-state index in [1.807, 2.05) is 30.2 Å². The van der Waals surface area contributed by atoms with Crippen LogP contribution in [0.25, 0.3) is 0 Å². The summed E-state index contributed by atoms with van der Waals surface area (Å²) in [6.45, 7) is 6.65. The molecule has 0 saturated heterocycles. The Morgan fingerprint density at radius 3 is 2.53 bits per heavy atom. The zero-order chi connectivity index (χ0) is 12.5. The second kappa shape index (κ2) is 4.32. The summed E-state index contributed by atoms with van der Waals surface area (Å²) in [4.78, 5) is 4.41. The Labute approximate surface area is 103 Å². The van der Waals surface area contributed by atoms with Crippen molar-refractivity contribution in [3.05, 3.63) is 47.5 Å². The number of rotatable bonds is 2. The lowest BCUT2D eigenvalue weighted by molar-refractivity contribution is 0.588. The van der Waals surface area contributed by atoms with E-state index in [4.69, 9.17) is 0 Å². The van der Waals surface area contributed by atoms with E-state index in [1.165, 1.54) is 5.56 Å². The van der Waals surface area contributed by atoms with Crippen molar-refractivity contribution >= 4 is 0 Å². The highest BCUT2D eigenvalue weighted by Gasteiger charge is 2.14. The van der Waals surface area contributed by atoms with Gasteiger partial charge in [-0.05, 0) is 29.2 Å². The highest BCUT2D eigenvalue weighted by Crippen LogP contribution is 2.22. The monoisotopic (exact) mass is 229 g/mol. The van der Waals surface area contributed by atoms with Gasteiger partial charge in [-0.15, -0.1) is 0 Å². The van der Waals surface area contributed by atoms with E-state index in [0.717, 1.165) is 17.8 Å². The number of pyridine rings is 1. The van der Waals surface area contributed by atoms with Gasteiger partial charge >= 0.3 is 0 Å². The first kappa shape index (κ1) is 11.8. The lowest BCUT2D eigenvalue weighted by Gasteiger charge is -2.19. The fourth-order valence-corrected chi connectivity index (χ4v) is 1.78. The zero-order valence-electron chi connectivity index (χ0n) is 10.9. The van der Waals surface area contributed by atoms with Gasteiger partial charge in [0, 0.05) is 31.6 Å². The van der Waals surface area contributed by atoms with E-state index in [9.17, 15) is 0 Å². The SMILES string of the molecule is Cn1ccc(Cc2cc(C(C)(C)C)ccn2)n1. The molecule has 0 spiro atoms. The highest BCUT2D eigenvalue weighted by atomic mass is 15.2. The molecule has 0 aliphatic rings. The Morgan fingerprint density at radius 1 is 1.18 bits per heavy atom. The van der Waals surface area contributed by atoms with Crippen LogP contribution >= 0.6 is 0 Å². The maximum absolute atomic E-state index is 4.41. The topological polar surface area (TPSA) is 30.7 Å². The summed E-state index contributed by atoms with van der Waals surface area (Å²) in [5.74, 6) is 0. The number of aromatic nitrogens is 3. The van der Waals surface area contributed by atoms with E-state index < -0.39 is 0 Å².